The lowest BCUT2D eigenvalue weighted by Gasteiger charge is -2.35. The number of aliphatic hydroxyl groups is 1. The maximum Gasteiger partial charge on any atom is 0.166 e. The maximum absolute atomic E-state index is 10.0. The summed E-state index contributed by atoms with van der Waals surface area (Å²) >= 11 is 0. The van der Waals surface area contributed by atoms with Crippen LogP contribution < -0.4 is 9.47 Å². The number of benzene rings is 1. The third kappa shape index (κ3) is 2.05. The molecule has 1 spiro atoms. The van der Waals surface area contributed by atoms with Gasteiger partial charge in [0.15, 0.2) is 11.5 Å². The van der Waals surface area contributed by atoms with Crippen LogP contribution in [0, 0.1) is 0 Å². The zero-order valence-electron chi connectivity index (χ0n) is 15.4. The Bertz CT molecular complexity index is 709. The second-order valence-corrected chi connectivity index (χ2v) is 6.33. The number of hydrogen-bond acceptors (Lipinski definition) is 4. The summed E-state index contributed by atoms with van der Waals surface area (Å²) in [5.41, 5.74) is 1.84. The zero-order chi connectivity index (χ0) is 17.1. The largest absolute Gasteiger partial charge is 0.493 e. The van der Waals surface area contributed by atoms with Crippen molar-refractivity contribution in [2.75, 3.05) is 20.6 Å². The van der Waals surface area contributed by atoms with E-state index >= 15 is 0 Å². The van der Waals surface area contributed by atoms with Crippen LogP contribution in [0.3, 0.4) is 0 Å². The molecule has 1 aliphatic carbocycles. The molecule has 22 heavy (non-hydrogen) atoms. The fourth-order valence-corrected chi connectivity index (χ4v) is 4.00. The quantitative estimate of drug-likeness (QED) is 0.804. The van der Waals surface area contributed by atoms with Crippen LogP contribution in [-0.2, 0) is 12.0 Å². The van der Waals surface area contributed by atoms with E-state index in [2.05, 4.69) is 18.0 Å². The molecule has 1 N–H and O–H groups in total. The Morgan fingerprint density at radius 2 is 2.36 bits per heavy atom. The van der Waals surface area contributed by atoms with Gasteiger partial charge in [-0.15, -0.1) is 12.4 Å². The summed E-state index contributed by atoms with van der Waals surface area (Å²) in [6.45, 7) is 1.69. The second kappa shape index (κ2) is 5.44. The van der Waals surface area contributed by atoms with Crippen molar-refractivity contribution in [3.05, 3.63) is 35.4 Å². The molecule has 0 unspecified atom stereocenters. The monoisotopic (exact) mass is 326 g/mol. The lowest BCUT2D eigenvalue weighted by molar-refractivity contribution is 0.0821. The molecule has 3 aliphatic rings. The van der Waals surface area contributed by atoms with E-state index in [0.717, 1.165) is 30.6 Å². The zero-order valence-corrected chi connectivity index (χ0v) is 13.2. The van der Waals surface area contributed by atoms with Gasteiger partial charge in [-0.3, -0.25) is 0 Å². The lowest BCUT2D eigenvalue weighted by atomic mass is 9.69. The molecule has 1 aromatic carbocycles. The van der Waals surface area contributed by atoms with Gasteiger partial charge in [0.25, 0.3) is 0 Å². The Morgan fingerprint density at radius 1 is 1.50 bits per heavy atom. The van der Waals surface area contributed by atoms with E-state index < -0.39 is 13.1 Å². The third-order valence-electron chi connectivity index (χ3n) is 5.04. The minimum absolute atomic E-state index is 0. The van der Waals surface area contributed by atoms with E-state index in [1.807, 2.05) is 12.1 Å². The Hall–Kier alpha value is -1.23. The SMILES string of the molecule is Cl.[2H]C([2H])([2H])Oc1ccc2c3c1O[C@H]1C[C@@H](O)C=C[C@@]31CCN(C)C2. The highest BCUT2D eigenvalue weighted by Gasteiger charge is 2.52. The lowest BCUT2D eigenvalue weighted by Crippen LogP contribution is -2.42. The number of hydrogen-bond donors (Lipinski definition) is 1. The molecule has 3 atom stereocenters. The van der Waals surface area contributed by atoms with Gasteiger partial charge in [-0.1, -0.05) is 18.2 Å². The minimum atomic E-state index is -2.52. The Morgan fingerprint density at radius 3 is 3.18 bits per heavy atom. The standard InChI is InChI=1S/C17H21NO3.ClH/c1-18-8-7-17-6-5-12(19)9-14(17)21-16-13(20-2)4-3-11(10-18)15(16)17;/h3-6,12,14,19H,7-10H2,1-2H3;1H/t12-,14-,17-;/m0./s1/i2D3;. The topological polar surface area (TPSA) is 41.9 Å². The molecule has 120 valence electrons. The van der Waals surface area contributed by atoms with Gasteiger partial charge >= 0.3 is 0 Å². The summed E-state index contributed by atoms with van der Waals surface area (Å²) in [7, 11) is -0.444. The van der Waals surface area contributed by atoms with Gasteiger partial charge in [-0.05, 0) is 31.6 Å². The number of nitrogens with zero attached hydrogens (tertiary/aromatic N) is 1. The van der Waals surface area contributed by atoms with Crippen molar-refractivity contribution in [3.63, 3.8) is 0 Å². The summed E-state index contributed by atoms with van der Waals surface area (Å²) in [6.07, 6.45) is 4.53. The highest BCUT2D eigenvalue weighted by Crippen LogP contribution is 2.55. The second-order valence-electron chi connectivity index (χ2n) is 6.33. The van der Waals surface area contributed by atoms with Gasteiger partial charge in [-0.2, -0.15) is 0 Å². The first-order chi connectivity index (χ1) is 11.3. The van der Waals surface area contributed by atoms with Crippen LogP contribution >= 0.6 is 12.4 Å². The summed E-state index contributed by atoms with van der Waals surface area (Å²) in [6, 6.07) is 3.62. The van der Waals surface area contributed by atoms with Gasteiger partial charge in [0.2, 0.25) is 0 Å². The fourth-order valence-electron chi connectivity index (χ4n) is 4.00. The molecule has 5 heteroatoms. The molecule has 0 saturated heterocycles. The Labute approximate surface area is 141 Å². The van der Waals surface area contributed by atoms with E-state index in [1.54, 1.807) is 6.07 Å². The Kier molecular flexibility index (Phi) is 3.02. The van der Waals surface area contributed by atoms with Gasteiger partial charge in [-0.25, -0.2) is 0 Å². The highest BCUT2D eigenvalue weighted by atomic mass is 35.5. The third-order valence-corrected chi connectivity index (χ3v) is 5.04. The molecule has 0 fully saturated rings. The molecule has 0 saturated carbocycles. The van der Waals surface area contributed by atoms with Crippen LogP contribution in [-0.4, -0.2) is 42.8 Å². The molecule has 0 bridgehead atoms. The average Bonchev–Trinajstić information content (AvgIpc) is 2.74. The smallest absolute Gasteiger partial charge is 0.166 e. The molecule has 0 aromatic heterocycles. The number of halogens is 1. The normalized spacial score (nSPS) is 34.9. The fraction of sp³-hybridized carbons (Fsp3) is 0.529. The first-order valence-corrected chi connectivity index (χ1v) is 7.36. The van der Waals surface area contributed by atoms with Gasteiger partial charge in [0.1, 0.15) is 6.10 Å². The van der Waals surface area contributed by atoms with Crippen molar-refractivity contribution in [2.24, 2.45) is 0 Å². The first kappa shape index (κ1) is 12.2. The molecule has 4 nitrogen and oxygen atoms in total. The van der Waals surface area contributed by atoms with Crippen molar-refractivity contribution < 1.29 is 18.7 Å². The predicted molar refractivity (Wildman–Crippen MR) is 87.1 cm³/mol. The number of ether oxygens (including phenoxy) is 2. The van der Waals surface area contributed by atoms with Crippen molar-refractivity contribution in [1.82, 2.24) is 4.90 Å². The molecular formula is C17H22ClNO3. The highest BCUT2D eigenvalue weighted by molar-refractivity contribution is 5.85. The number of rotatable bonds is 1. The van der Waals surface area contributed by atoms with E-state index in [1.165, 1.54) is 0 Å². The molecule has 0 radical (unpaired) electrons. The Balaban J connectivity index is 0.00000182. The molecular weight excluding hydrogens is 302 g/mol. The molecule has 1 aromatic rings. The van der Waals surface area contributed by atoms with Crippen molar-refractivity contribution in [2.45, 2.75) is 37.0 Å². The summed E-state index contributed by atoms with van der Waals surface area (Å²) in [5, 5.41) is 10.0. The maximum atomic E-state index is 10.0. The van der Waals surface area contributed by atoms with Gasteiger partial charge < -0.3 is 19.5 Å². The molecule has 4 rings (SSSR count). The number of methoxy groups -OCH3 is 1. The van der Waals surface area contributed by atoms with E-state index in [4.69, 9.17) is 13.6 Å². The molecule has 2 heterocycles. The average molecular weight is 327 g/mol. The summed E-state index contributed by atoms with van der Waals surface area (Å²) in [5.74, 6) is 0.789. The van der Waals surface area contributed by atoms with E-state index in [0.29, 0.717) is 12.2 Å². The van der Waals surface area contributed by atoms with Crippen molar-refractivity contribution in [3.8, 4) is 11.5 Å². The van der Waals surface area contributed by atoms with Gasteiger partial charge in [0, 0.05) is 18.5 Å². The number of aliphatic hydroxyl groups excluding tert-OH is 1. The van der Waals surface area contributed by atoms with Gasteiger partial charge in [0.05, 0.1) is 22.7 Å². The summed E-state index contributed by atoms with van der Waals surface area (Å²) in [4.78, 5) is 2.25. The van der Waals surface area contributed by atoms with Crippen LogP contribution in [0.5, 0.6) is 11.5 Å². The van der Waals surface area contributed by atoms with Crippen molar-refractivity contribution >= 4 is 12.4 Å². The molecule has 0 amide bonds. The molecule has 2 aliphatic heterocycles. The van der Waals surface area contributed by atoms with Crippen LogP contribution in [0.2, 0.25) is 0 Å². The predicted octanol–water partition coefficient (Wildman–Crippen LogP) is 2.27. The minimum Gasteiger partial charge on any atom is -0.493 e. The van der Waals surface area contributed by atoms with Crippen LogP contribution in [0.15, 0.2) is 24.3 Å². The van der Waals surface area contributed by atoms with Crippen LogP contribution in [0.25, 0.3) is 0 Å². The van der Waals surface area contributed by atoms with E-state index in [-0.39, 0.29) is 29.7 Å². The van der Waals surface area contributed by atoms with Crippen molar-refractivity contribution in [1.29, 1.82) is 0 Å². The first-order valence-electron chi connectivity index (χ1n) is 8.86. The summed E-state index contributed by atoms with van der Waals surface area (Å²) < 4.78 is 33.5. The van der Waals surface area contributed by atoms with Crippen LogP contribution in [0.4, 0.5) is 0 Å². The van der Waals surface area contributed by atoms with E-state index in [9.17, 15) is 5.11 Å². The van der Waals surface area contributed by atoms with Crippen LogP contribution in [0.1, 0.15) is 28.1 Å².